The number of anilines is 2. The van der Waals surface area contributed by atoms with Gasteiger partial charge in [-0.15, -0.1) is 0 Å². The van der Waals surface area contributed by atoms with Crippen LogP contribution >= 0.6 is 22.7 Å². The van der Waals surface area contributed by atoms with Gasteiger partial charge < -0.3 is 5.73 Å². The Morgan fingerprint density at radius 2 is 1.82 bits per heavy atom. The highest BCUT2D eigenvalue weighted by Gasteiger charge is 2.11. The second kappa shape index (κ2) is 5.04. The number of nitrogens with one attached hydrogen (secondary N) is 1. The molecule has 0 unspecified atom stereocenters. The van der Waals surface area contributed by atoms with Crippen LogP contribution in [0.2, 0.25) is 0 Å². The Kier molecular flexibility index (Phi) is 3.02. The number of carbonyl (C=O) groups excluding carboxylic acids is 1. The molecule has 0 saturated carbocycles. The van der Waals surface area contributed by atoms with Gasteiger partial charge in [-0.2, -0.15) is 0 Å². The van der Waals surface area contributed by atoms with Gasteiger partial charge in [0.2, 0.25) is 0 Å². The maximum Gasteiger partial charge on any atom is 0.257 e. The van der Waals surface area contributed by atoms with Gasteiger partial charge in [0.05, 0.1) is 20.4 Å². The van der Waals surface area contributed by atoms with Crippen molar-refractivity contribution in [3.63, 3.8) is 0 Å². The van der Waals surface area contributed by atoms with E-state index in [0.29, 0.717) is 15.8 Å². The summed E-state index contributed by atoms with van der Waals surface area (Å²) >= 11 is 2.82. The maximum atomic E-state index is 12.3. The van der Waals surface area contributed by atoms with Crippen molar-refractivity contribution in [3.05, 3.63) is 48.0 Å². The molecule has 3 N–H and O–H groups in total. The van der Waals surface area contributed by atoms with E-state index in [-0.39, 0.29) is 5.91 Å². The van der Waals surface area contributed by atoms with Crippen LogP contribution in [0, 0.1) is 0 Å². The zero-order valence-corrected chi connectivity index (χ0v) is 12.9. The van der Waals surface area contributed by atoms with E-state index in [1.54, 1.807) is 18.2 Å². The van der Waals surface area contributed by atoms with Gasteiger partial charge >= 0.3 is 0 Å². The molecule has 0 aliphatic carbocycles. The zero-order chi connectivity index (χ0) is 15.1. The molecule has 4 rings (SSSR count). The van der Waals surface area contributed by atoms with Crippen LogP contribution in [0.4, 0.5) is 10.3 Å². The number of rotatable bonds is 2. The van der Waals surface area contributed by atoms with E-state index in [0.717, 1.165) is 20.4 Å². The van der Waals surface area contributed by atoms with Crippen molar-refractivity contribution < 1.29 is 4.79 Å². The minimum atomic E-state index is -0.187. The molecule has 4 aromatic rings. The second-order valence-corrected chi connectivity index (χ2v) is 6.77. The monoisotopic (exact) mass is 326 g/mol. The van der Waals surface area contributed by atoms with Crippen molar-refractivity contribution in [2.45, 2.75) is 0 Å². The largest absolute Gasteiger partial charge is 0.375 e. The molecule has 0 bridgehead atoms. The molecule has 5 nitrogen and oxygen atoms in total. The highest BCUT2D eigenvalue weighted by atomic mass is 32.1. The number of carbonyl (C=O) groups is 1. The SMILES string of the molecule is Nc1nc2ccc(C(=O)Nc3nc4ccccc4s3)cc2s1. The summed E-state index contributed by atoms with van der Waals surface area (Å²) in [4.78, 5) is 20.9. The highest BCUT2D eigenvalue weighted by molar-refractivity contribution is 7.22. The smallest absolute Gasteiger partial charge is 0.257 e. The van der Waals surface area contributed by atoms with Crippen molar-refractivity contribution in [3.8, 4) is 0 Å². The lowest BCUT2D eigenvalue weighted by Crippen LogP contribution is -2.11. The summed E-state index contributed by atoms with van der Waals surface area (Å²) in [5, 5.41) is 3.93. The van der Waals surface area contributed by atoms with E-state index in [9.17, 15) is 4.79 Å². The molecule has 0 radical (unpaired) electrons. The number of thiazole rings is 2. The molecule has 2 aromatic heterocycles. The van der Waals surface area contributed by atoms with Gasteiger partial charge in [0.1, 0.15) is 0 Å². The van der Waals surface area contributed by atoms with Gasteiger partial charge in [-0.1, -0.05) is 34.8 Å². The van der Waals surface area contributed by atoms with Crippen LogP contribution in [0.15, 0.2) is 42.5 Å². The van der Waals surface area contributed by atoms with Crippen LogP contribution in [0.1, 0.15) is 10.4 Å². The average Bonchev–Trinajstić information content (AvgIpc) is 3.07. The van der Waals surface area contributed by atoms with Crippen molar-refractivity contribution >= 4 is 59.3 Å². The third-order valence-electron chi connectivity index (χ3n) is 3.18. The predicted molar refractivity (Wildman–Crippen MR) is 91.6 cm³/mol. The van der Waals surface area contributed by atoms with Crippen LogP contribution in [-0.4, -0.2) is 15.9 Å². The van der Waals surface area contributed by atoms with Crippen LogP contribution in [-0.2, 0) is 0 Å². The first-order chi connectivity index (χ1) is 10.7. The average molecular weight is 326 g/mol. The minimum absolute atomic E-state index is 0.187. The van der Waals surface area contributed by atoms with E-state index >= 15 is 0 Å². The van der Waals surface area contributed by atoms with Crippen molar-refractivity contribution in [1.82, 2.24) is 9.97 Å². The van der Waals surface area contributed by atoms with Gasteiger partial charge in [0.25, 0.3) is 5.91 Å². The Labute approximate surface area is 133 Å². The number of nitrogens with zero attached hydrogens (tertiary/aromatic N) is 2. The topological polar surface area (TPSA) is 80.9 Å². The normalized spacial score (nSPS) is 11.1. The molecule has 108 valence electrons. The van der Waals surface area contributed by atoms with E-state index in [2.05, 4.69) is 15.3 Å². The molecule has 2 aromatic carbocycles. The molecule has 1 amide bonds. The van der Waals surface area contributed by atoms with Gasteiger partial charge in [-0.3, -0.25) is 10.1 Å². The third-order valence-corrected chi connectivity index (χ3v) is 4.98. The zero-order valence-electron chi connectivity index (χ0n) is 11.2. The Morgan fingerprint density at radius 3 is 2.68 bits per heavy atom. The number of hydrogen-bond acceptors (Lipinski definition) is 6. The summed E-state index contributed by atoms with van der Waals surface area (Å²) in [6.07, 6.45) is 0. The number of fused-ring (bicyclic) bond motifs is 2. The molecule has 2 heterocycles. The number of amides is 1. The van der Waals surface area contributed by atoms with E-state index in [4.69, 9.17) is 5.73 Å². The lowest BCUT2D eigenvalue weighted by atomic mass is 10.2. The molecular weight excluding hydrogens is 316 g/mol. The van der Waals surface area contributed by atoms with Crippen molar-refractivity contribution in [2.24, 2.45) is 0 Å². The number of aromatic nitrogens is 2. The van der Waals surface area contributed by atoms with Gasteiger partial charge in [-0.05, 0) is 30.3 Å². The van der Waals surface area contributed by atoms with Crippen LogP contribution in [0.3, 0.4) is 0 Å². The summed E-state index contributed by atoms with van der Waals surface area (Å²) < 4.78 is 1.94. The van der Waals surface area contributed by atoms with Gasteiger partial charge in [0.15, 0.2) is 10.3 Å². The fraction of sp³-hybridized carbons (Fsp3) is 0. The standard InChI is InChI=1S/C15H10N4OS2/c16-14-17-10-6-5-8(7-12(10)21-14)13(20)19-15-18-9-3-1-2-4-11(9)22-15/h1-7H,(H2,16,17)(H,18,19,20). The molecular formula is C15H10N4OS2. The van der Waals surface area contributed by atoms with Gasteiger partial charge in [-0.25, -0.2) is 9.97 Å². The molecule has 0 aliphatic rings. The first kappa shape index (κ1) is 13.2. The molecule has 0 spiro atoms. The molecule has 22 heavy (non-hydrogen) atoms. The lowest BCUT2D eigenvalue weighted by molar-refractivity contribution is 0.102. The molecule has 7 heteroatoms. The lowest BCUT2D eigenvalue weighted by Gasteiger charge is -2.01. The van der Waals surface area contributed by atoms with Crippen LogP contribution < -0.4 is 11.1 Å². The Bertz CT molecular complexity index is 972. The summed E-state index contributed by atoms with van der Waals surface area (Å²) in [5.74, 6) is -0.187. The predicted octanol–water partition coefficient (Wildman–Crippen LogP) is 3.74. The third kappa shape index (κ3) is 2.30. The summed E-state index contributed by atoms with van der Waals surface area (Å²) in [5.41, 5.74) is 7.93. The number of nitrogens with two attached hydrogens (primary N) is 1. The van der Waals surface area contributed by atoms with Crippen LogP contribution in [0.5, 0.6) is 0 Å². The minimum Gasteiger partial charge on any atom is -0.375 e. The Hall–Kier alpha value is -2.51. The number of hydrogen-bond donors (Lipinski definition) is 2. The molecule has 0 atom stereocenters. The molecule has 0 aliphatic heterocycles. The summed E-state index contributed by atoms with van der Waals surface area (Å²) in [6, 6.07) is 13.1. The maximum absolute atomic E-state index is 12.3. The van der Waals surface area contributed by atoms with E-state index < -0.39 is 0 Å². The number of para-hydroxylation sites is 1. The summed E-state index contributed by atoms with van der Waals surface area (Å²) in [7, 11) is 0. The van der Waals surface area contributed by atoms with E-state index in [1.807, 2.05) is 24.3 Å². The van der Waals surface area contributed by atoms with E-state index in [1.165, 1.54) is 22.7 Å². The molecule has 0 fully saturated rings. The van der Waals surface area contributed by atoms with Crippen molar-refractivity contribution in [1.29, 1.82) is 0 Å². The second-order valence-electron chi connectivity index (χ2n) is 4.68. The Morgan fingerprint density at radius 1 is 1.00 bits per heavy atom. The highest BCUT2D eigenvalue weighted by Crippen LogP contribution is 2.27. The summed E-state index contributed by atoms with van der Waals surface area (Å²) in [6.45, 7) is 0. The quantitative estimate of drug-likeness (QED) is 0.588. The number of benzene rings is 2. The fourth-order valence-electron chi connectivity index (χ4n) is 2.18. The first-order valence-corrected chi connectivity index (χ1v) is 8.15. The fourth-order valence-corrected chi connectivity index (χ4v) is 3.81. The number of nitrogen functional groups attached to an aromatic ring is 1. The molecule has 0 saturated heterocycles. The van der Waals surface area contributed by atoms with Gasteiger partial charge in [0, 0.05) is 5.56 Å². The van der Waals surface area contributed by atoms with Crippen molar-refractivity contribution in [2.75, 3.05) is 11.1 Å². The first-order valence-electron chi connectivity index (χ1n) is 6.52. The van der Waals surface area contributed by atoms with Crippen LogP contribution in [0.25, 0.3) is 20.4 Å². The Balaban J connectivity index is 1.64.